The molecular weight excluding hydrogens is 228 g/mol. The summed E-state index contributed by atoms with van der Waals surface area (Å²) in [5.74, 6) is 0.374. The Morgan fingerprint density at radius 2 is 2.00 bits per heavy atom. The Hall–Kier alpha value is -0.610. The van der Waals surface area contributed by atoms with Crippen LogP contribution in [0.2, 0.25) is 0 Å². The lowest BCUT2D eigenvalue weighted by Crippen LogP contribution is -2.49. The van der Waals surface area contributed by atoms with Gasteiger partial charge in [0.05, 0.1) is 7.11 Å². The number of carbonyl (C=O) groups excluding carboxylic acids is 1. The van der Waals surface area contributed by atoms with Gasteiger partial charge in [-0.05, 0) is 44.8 Å². The summed E-state index contributed by atoms with van der Waals surface area (Å²) in [6, 6.07) is 0.309. The molecule has 1 aliphatic heterocycles. The van der Waals surface area contributed by atoms with Crippen molar-refractivity contribution in [3.05, 3.63) is 0 Å². The van der Waals surface area contributed by atoms with E-state index in [1.165, 1.54) is 7.11 Å². The summed E-state index contributed by atoms with van der Waals surface area (Å²) in [6.45, 7) is 9.85. The first kappa shape index (κ1) is 15.4. The van der Waals surface area contributed by atoms with Crippen molar-refractivity contribution in [2.75, 3.05) is 26.7 Å². The number of piperidine rings is 1. The molecule has 106 valence electrons. The molecule has 0 aromatic heterocycles. The van der Waals surface area contributed by atoms with E-state index >= 15 is 0 Å². The molecular formula is C14H28N2O2. The number of hydrogen-bond acceptors (Lipinski definition) is 4. The first-order valence-corrected chi connectivity index (χ1v) is 7.13. The minimum absolute atomic E-state index is 0.123. The van der Waals surface area contributed by atoms with Gasteiger partial charge in [0.1, 0.15) is 6.04 Å². The molecule has 0 aromatic rings. The lowest BCUT2D eigenvalue weighted by Gasteiger charge is -2.33. The van der Waals surface area contributed by atoms with Crippen LogP contribution in [0.3, 0.4) is 0 Å². The van der Waals surface area contributed by atoms with E-state index in [-0.39, 0.29) is 12.0 Å². The third-order valence-electron chi connectivity index (χ3n) is 3.66. The smallest absolute Gasteiger partial charge is 0.322 e. The standard InChI is InChI=1S/C14H28N2O2/c1-5-16-8-6-12(7-9-16)15-13(10-11(2)3)14(17)18-4/h11-13,15H,5-10H2,1-4H3. The predicted molar refractivity (Wildman–Crippen MR) is 73.5 cm³/mol. The maximum absolute atomic E-state index is 11.7. The quantitative estimate of drug-likeness (QED) is 0.734. The van der Waals surface area contributed by atoms with E-state index in [0.29, 0.717) is 12.0 Å². The Kier molecular flexibility index (Phi) is 6.65. The fraction of sp³-hybridized carbons (Fsp3) is 0.929. The molecule has 0 saturated carbocycles. The highest BCUT2D eigenvalue weighted by Gasteiger charge is 2.26. The number of likely N-dealkylation sites (tertiary alicyclic amines) is 1. The van der Waals surface area contributed by atoms with Gasteiger partial charge in [-0.1, -0.05) is 20.8 Å². The molecule has 0 aliphatic carbocycles. The second-order valence-electron chi connectivity index (χ2n) is 5.58. The predicted octanol–water partition coefficient (Wildman–Crippen LogP) is 1.65. The lowest BCUT2D eigenvalue weighted by molar-refractivity contribution is -0.143. The Bertz CT molecular complexity index is 248. The largest absolute Gasteiger partial charge is 0.468 e. The number of esters is 1. The number of methoxy groups -OCH3 is 1. The van der Waals surface area contributed by atoms with Gasteiger partial charge >= 0.3 is 5.97 Å². The summed E-state index contributed by atoms with van der Waals surface area (Å²) in [5, 5.41) is 3.48. The van der Waals surface area contributed by atoms with Crippen LogP contribution >= 0.6 is 0 Å². The van der Waals surface area contributed by atoms with Gasteiger partial charge in [-0.2, -0.15) is 0 Å². The van der Waals surface area contributed by atoms with E-state index in [1.807, 2.05) is 0 Å². The number of nitrogens with zero attached hydrogens (tertiary/aromatic N) is 1. The molecule has 4 heteroatoms. The van der Waals surface area contributed by atoms with E-state index in [9.17, 15) is 4.79 Å². The number of rotatable bonds is 6. The van der Waals surface area contributed by atoms with Gasteiger partial charge in [-0.25, -0.2) is 0 Å². The van der Waals surface area contributed by atoms with E-state index in [0.717, 1.165) is 38.9 Å². The maximum atomic E-state index is 11.7. The van der Waals surface area contributed by atoms with Crippen molar-refractivity contribution in [1.29, 1.82) is 0 Å². The number of hydrogen-bond donors (Lipinski definition) is 1. The van der Waals surface area contributed by atoms with E-state index in [1.54, 1.807) is 0 Å². The topological polar surface area (TPSA) is 41.6 Å². The highest BCUT2D eigenvalue weighted by Crippen LogP contribution is 2.13. The van der Waals surface area contributed by atoms with Crippen LogP contribution in [0.4, 0.5) is 0 Å². The zero-order valence-corrected chi connectivity index (χ0v) is 12.2. The van der Waals surface area contributed by atoms with Crippen molar-refractivity contribution in [3.63, 3.8) is 0 Å². The lowest BCUT2D eigenvalue weighted by atomic mass is 9.99. The molecule has 1 saturated heterocycles. The molecule has 1 N–H and O–H groups in total. The van der Waals surface area contributed by atoms with Crippen LogP contribution in [0.25, 0.3) is 0 Å². The van der Waals surface area contributed by atoms with Crippen molar-refractivity contribution < 1.29 is 9.53 Å². The van der Waals surface area contributed by atoms with Crippen molar-refractivity contribution in [3.8, 4) is 0 Å². The normalized spacial score (nSPS) is 20.1. The zero-order valence-electron chi connectivity index (χ0n) is 12.2. The van der Waals surface area contributed by atoms with Crippen molar-refractivity contribution in [1.82, 2.24) is 10.2 Å². The molecule has 1 unspecified atom stereocenters. The van der Waals surface area contributed by atoms with Gasteiger partial charge in [0, 0.05) is 6.04 Å². The third-order valence-corrected chi connectivity index (χ3v) is 3.66. The third kappa shape index (κ3) is 4.94. The van der Waals surface area contributed by atoms with Crippen LogP contribution in [-0.4, -0.2) is 49.7 Å². The van der Waals surface area contributed by atoms with Crippen LogP contribution in [0, 0.1) is 5.92 Å². The highest BCUT2D eigenvalue weighted by molar-refractivity contribution is 5.75. The molecule has 0 spiro atoms. The zero-order chi connectivity index (χ0) is 13.5. The summed E-state index contributed by atoms with van der Waals surface area (Å²) in [6.07, 6.45) is 3.10. The monoisotopic (exact) mass is 256 g/mol. The minimum atomic E-state index is -0.145. The number of ether oxygens (including phenoxy) is 1. The van der Waals surface area contributed by atoms with Crippen LogP contribution in [-0.2, 0) is 9.53 Å². The molecule has 1 atom stereocenters. The van der Waals surface area contributed by atoms with Crippen LogP contribution in [0.15, 0.2) is 0 Å². The number of nitrogens with one attached hydrogen (secondary N) is 1. The van der Waals surface area contributed by atoms with Crippen LogP contribution in [0.1, 0.15) is 40.0 Å². The summed E-state index contributed by atoms with van der Waals surface area (Å²) < 4.78 is 4.89. The molecule has 4 nitrogen and oxygen atoms in total. The maximum Gasteiger partial charge on any atom is 0.322 e. The van der Waals surface area contributed by atoms with Crippen molar-refractivity contribution >= 4 is 5.97 Å². The molecule has 0 radical (unpaired) electrons. The first-order chi connectivity index (χ1) is 8.56. The number of carbonyl (C=O) groups is 1. The van der Waals surface area contributed by atoms with Gasteiger partial charge in [-0.3, -0.25) is 4.79 Å². The fourth-order valence-electron chi connectivity index (χ4n) is 2.55. The molecule has 18 heavy (non-hydrogen) atoms. The minimum Gasteiger partial charge on any atom is -0.468 e. The SMILES string of the molecule is CCN1CCC(NC(CC(C)C)C(=O)OC)CC1. The molecule has 0 aromatic carbocycles. The molecule has 1 aliphatic rings. The Morgan fingerprint density at radius 3 is 2.44 bits per heavy atom. The Morgan fingerprint density at radius 1 is 1.39 bits per heavy atom. The molecule has 1 heterocycles. The first-order valence-electron chi connectivity index (χ1n) is 7.13. The van der Waals surface area contributed by atoms with Crippen molar-refractivity contribution in [2.45, 2.75) is 52.1 Å². The molecule has 0 amide bonds. The molecule has 1 fully saturated rings. The summed E-state index contributed by atoms with van der Waals surface area (Å²) in [4.78, 5) is 14.2. The Balaban J connectivity index is 2.43. The van der Waals surface area contributed by atoms with Gasteiger partial charge in [-0.15, -0.1) is 0 Å². The van der Waals surface area contributed by atoms with Gasteiger partial charge < -0.3 is 15.0 Å². The summed E-state index contributed by atoms with van der Waals surface area (Å²) in [7, 11) is 1.47. The van der Waals surface area contributed by atoms with Crippen LogP contribution < -0.4 is 5.32 Å². The van der Waals surface area contributed by atoms with Crippen molar-refractivity contribution in [2.24, 2.45) is 5.92 Å². The average Bonchev–Trinajstić information content (AvgIpc) is 2.37. The van der Waals surface area contributed by atoms with Gasteiger partial charge in [0.2, 0.25) is 0 Å². The fourth-order valence-corrected chi connectivity index (χ4v) is 2.55. The van der Waals surface area contributed by atoms with E-state index in [4.69, 9.17) is 4.74 Å². The molecule has 1 rings (SSSR count). The highest BCUT2D eigenvalue weighted by atomic mass is 16.5. The summed E-state index contributed by atoms with van der Waals surface area (Å²) in [5.41, 5.74) is 0. The van der Waals surface area contributed by atoms with Crippen LogP contribution in [0.5, 0.6) is 0 Å². The average molecular weight is 256 g/mol. The van der Waals surface area contributed by atoms with Gasteiger partial charge in [0.25, 0.3) is 0 Å². The Labute approximate surface area is 111 Å². The second kappa shape index (κ2) is 7.74. The van der Waals surface area contributed by atoms with Gasteiger partial charge in [0.15, 0.2) is 0 Å². The van der Waals surface area contributed by atoms with E-state index < -0.39 is 0 Å². The summed E-state index contributed by atoms with van der Waals surface area (Å²) >= 11 is 0. The molecule has 0 bridgehead atoms. The second-order valence-corrected chi connectivity index (χ2v) is 5.58. The van der Waals surface area contributed by atoms with E-state index in [2.05, 4.69) is 31.0 Å².